The number of aromatic amines is 1. The number of H-pyrrole nitrogens is 1. The third-order valence-corrected chi connectivity index (χ3v) is 5.55. The molecule has 0 aliphatic heterocycles. The fraction of sp³-hybridized carbons (Fsp3) is 0.200. The van der Waals surface area contributed by atoms with Gasteiger partial charge in [-0.1, -0.05) is 6.07 Å². The van der Waals surface area contributed by atoms with E-state index in [1.807, 2.05) is 19.9 Å². The number of hydrogen-bond donors (Lipinski definition) is 3. The maximum atomic E-state index is 12.9. The molecule has 0 saturated carbocycles. The maximum Gasteiger partial charge on any atom is 0.279 e. The fourth-order valence-corrected chi connectivity index (χ4v) is 4.10. The van der Waals surface area contributed by atoms with E-state index < -0.39 is 15.9 Å². The molecule has 1 aromatic heterocycles. The second-order valence-corrected chi connectivity index (χ2v) is 8.27. The minimum atomic E-state index is -4.08. The number of anilines is 2. The van der Waals surface area contributed by atoms with Gasteiger partial charge in [-0.25, -0.2) is 0 Å². The molecule has 0 aliphatic rings. The van der Waals surface area contributed by atoms with Gasteiger partial charge in [-0.2, -0.15) is 13.5 Å². The van der Waals surface area contributed by atoms with E-state index >= 15 is 0 Å². The average Bonchev–Trinajstić information content (AvgIpc) is 3.17. The number of rotatable bonds is 7. The van der Waals surface area contributed by atoms with E-state index in [4.69, 9.17) is 9.47 Å². The van der Waals surface area contributed by atoms with Crippen LogP contribution in [0.4, 0.5) is 11.4 Å². The Kier molecular flexibility index (Phi) is 5.97. The molecule has 0 saturated heterocycles. The van der Waals surface area contributed by atoms with E-state index in [2.05, 4.69) is 20.2 Å². The van der Waals surface area contributed by atoms with Crippen LogP contribution >= 0.6 is 0 Å². The SMILES string of the molecule is COc1cc(NC(=O)c2cn[nH]c2S(=O)(=O)Nc2cc(C)cc(C)c2)cc(OC)c1. The number of methoxy groups -OCH3 is 2. The summed E-state index contributed by atoms with van der Waals surface area (Å²) in [5, 5.41) is 8.44. The second kappa shape index (κ2) is 8.46. The first-order valence-corrected chi connectivity index (χ1v) is 10.4. The molecule has 9 nitrogen and oxygen atoms in total. The minimum Gasteiger partial charge on any atom is -0.497 e. The van der Waals surface area contributed by atoms with Crippen molar-refractivity contribution in [1.82, 2.24) is 10.2 Å². The Morgan fingerprint density at radius 1 is 0.933 bits per heavy atom. The molecule has 158 valence electrons. The standard InChI is InChI=1S/C20H22N4O5S/c1-12-5-13(2)7-15(6-12)24-30(26,27)20-18(11-21-23-20)19(25)22-14-8-16(28-3)10-17(9-14)29-4/h5-11,24H,1-4H3,(H,21,23)(H,22,25). The van der Waals surface area contributed by atoms with E-state index in [1.54, 1.807) is 30.3 Å². The number of carbonyl (C=O) groups excluding carboxylic acids is 1. The smallest absolute Gasteiger partial charge is 0.279 e. The molecule has 3 aromatic rings. The van der Waals surface area contributed by atoms with Crippen LogP contribution in [0.15, 0.2) is 47.6 Å². The van der Waals surface area contributed by atoms with Crippen LogP contribution in [0.5, 0.6) is 11.5 Å². The lowest BCUT2D eigenvalue weighted by Gasteiger charge is -2.11. The highest BCUT2D eigenvalue weighted by atomic mass is 32.2. The van der Waals surface area contributed by atoms with E-state index in [9.17, 15) is 13.2 Å². The van der Waals surface area contributed by atoms with Crippen LogP contribution < -0.4 is 19.5 Å². The number of benzene rings is 2. The summed E-state index contributed by atoms with van der Waals surface area (Å²) in [6.07, 6.45) is 1.16. The molecule has 3 rings (SSSR count). The molecule has 2 aromatic carbocycles. The summed E-state index contributed by atoms with van der Waals surface area (Å²) in [5.74, 6) is 0.294. The molecule has 0 radical (unpaired) electrons. The van der Waals surface area contributed by atoms with Gasteiger partial charge in [-0.3, -0.25) is 14.6 Å². The molecule has 0 atom stereocenters. The van der Waals surface area contributed by atoms with Gasteiger partial charge in [-0.15, -0.1) is 0 Å². The first-order valence-electron chi connectivity index (χ1n) is 8.91. The van der Waals surface area contributed by atoms with Crippen molar-refractivity contribution < 1.29 is 22.7 Å². The van der Waals surface area contributed by atoms with E-state index in [1.165, 1.54) is 14.2 Å². The van der Waals surface area contributed by atoms with Crippen LogP contribution in [0.1, 0.15) is 21.5 Å². The van der Waals surface area contributed by atoms with E-state index in [0.717, 1.165) is 17.3 Å². The maximum absolute atomic E-state index is 12.9. The van der Waals surface area contributed by atoms with Crippen molar-refractivity contribution in [3.63, 3.8) is 0 Å². The Morgan fingerprint density at radius 2 is 1.53 bits per heavy atom. The highest BCUT2D eigenvalue weighted by Gasteiger charge is 2.25. The topological polar surface area (TPSA) is 122 Å². The number of carbonyl (C=O) groups is 1. The monoisotopic (exact) mass is 430 g/mol. The summed E-state index contributed by atoms with van der Waals surface area (Å²) in [5.41, 5.74) is 2.45. The van der Waals surface area contributed by atoms with Crippen molar-refractivity contribution in [2.24, 2.45) is 0 Å². The molecule has 0 aliphatic carbocycles. The Bertz CT molecular complexity index is 1150. The van der Waals surface area contributed by atoms with Gasteiger partial charge >= 0.3 is 0 Å². The van der Waals surface area contributed by atoms with Crippen molar-refractivity contribution >= 4 is 27.3 Å². The Hall–Kier alpha value is -3.53. The number of amides is 1. The number of nitrogens with zero attached hydrogens (tertiary/aromatic N) is 1. The second-order valence-electron chi connectivity index (χ2n) is 6.65. The molecule has 0 fully saturated rings. The molecular formula is C20H22N4O5S. The van der Waals surface area contributed by atoms with Gasteiger partial charge in [-0.05, 0) is 37.1 Å². The number of aryl methyl sites for hydroxylation is 2. The van der Waals surface area contributed by atoms with Gasteiger partial charge < -0.3 is 14.8 Å². The average molecular weight is 430 g/mol. The normalized spacial score (nSPS) is 11.1. The molecule has 3 N–H and O–H groups in total. The van der Waals surface area contributed by atoms with Crippen LogP contribution in [0, 0.1) is 13.8 Å². The Labute approximate surface area is 174 Å². The van der Waals surface area contributed by atoms with Crippen LogP contribution in [-0.2, 0) is 10.0 Å². The zero-order chi connectivity index (χ0) is 21.9. The van der Waals surface area contributed by atoms with Gasteiger partial charge in [0.25, 0.3) is 15.9 Å². The first-order chi connectivity index (χ1) is 14.2. The van der Waals surface area contributed by atoms with Crippen LogP contribution in [0.2, 0.25) is 0 Å². The largest absolute Gasteiger partial charge is 0.497 e. The minimum absolute atomic E-state index is 0.131. The van der Waals surface area contributed by atoms with E-state index in [0.29, 0.717) is 22.9 Å². The van der Waals surface area contributed by atoms with Crippen molar-refractivity contribution in [3.05, 3.63) is 59.3 Å². The number of aromatic nitrogens is 2. The quantitative estimate of drug-likeness (QED) is 0.529. The van der Waals surface area contributed by atoms with Crippen molar-refractivity contribution in [1.29, 1.82) is 0 Å². The predicted molar refractivity (Wildman–Crippen MR) is 113 cm³/mol. The highest BCUT2D eigenvalue weighted by Crippen LogP contribution is 2.27. The summed E-state index contributed by atoms with van der Waals surface area (Å²) in [4.78, 5) is 12.8. The van der Waals surface area contributed by atoms with Crippen LogP contribution in [0.25, 0.3) is 0 Å². The third kappa shape index (κ3) is 4.71. The third-order valence-electron chi connectivity index (χ3n) is 4.20. The lowest BCUT2D eigenvalue weighted by molar-refractivity contribution is 0.102. The van der Waals surface area contributed by atoms with Gasteiger partial charge in [0.05, 0.1) is 26.0 Å². The summed E-state index contributed by atoms with van der Waals surface area (Å²) < 4.78 is 38.6. The van der Waals surface area contributed by atoms with Crippen LogP contribution in [0.3, 0.4) is 0 Å². The number of hydrogen-bond acceptors (Lipinski definition) is 6. The molecule has 0 bridgehead atoms. The van der Waals surface area contributed by atoms with Gasteiger partial charge in [0.2, 0.25) is 0 Å². The summed E-state index contributed by atoms with van der Waals surface area (Å²) >= 11 is 0. The molecule has 30 heavy (non-hydrogen) atoms. The van der Waals surface area contributed by atoms with Crippen molar-refractivity contribution in [2.75, 3.05) is 24.3 Å². The first kappa shape index (κ1) is 21.2. The molecular weight excluding hydrogens is 408 g/mol. The molecule has 1 heterocycles. The van der Waals surface area contributed by atoms with Crippen molar-refractivity contribution in [2.45, 2.75) is 18.9 Å². The fourth-order valence-electron chi connectivity index (χ4n) is 2.96. The predicted octanol–water partition coefficient (Wildman–Crippen LogP) is 3.10. The van der Waals surface area contributed by atoms with Crippen LogP contribution in [-0.4, -0.2) is 38.7 Å². The zero-order valence-corrected chi connectivity index (χ0v) is 17.8. The number of ether oxygens (including phenoxy) is 2. The van der Waals surface area contributed by atoms with Gasteiger partial charge in [0, 0.05) is 29.6 Å². The van der Waals surface area contributed by atoms with Gasteiger partial charge in [0.15, 0.2) is 5.03 Å². The summed E-state index contributed by atoms with van der Waals surface area (Å²) in [7, 11) is -1.10. The van der Waals surface area contributed by atoms with Gasteiger partial charge in [0.1, 0.15) is 11.5 Å². The highest BCUT2D eigenvalue weighted by molar-refractivity contribution is 7.92. The number of sulfonamides is 1. The Balaban J connectivity index is 1.88. The van der Waals surface area contributed by atoms with E-state index in [-0.39, 0.29) is 10.6 Å². The lowest BCUT2D eigenvalue weighted by Crippen LogP contribution is -2.20. The molecule has 0 spiro atoms. The number of nitrogens with one attached hydrogen (secondary N) is 3. The Morgan fingerprint density at radius 3 is 2.10 bits per heavy atom. The summed E-state index contributed by atoms with van der Waals surface area (Å²) in [6.45, 7) is 3.73. The van der Waals surface area contributed by atoms with Crippen molar-refractivity contribution in [3.8, 4) is 11.5 Å². The summed E-state index contributed by atoms with van der Waals surface area (Å²) in [6, 6.07) is 10.1. The zero-order valence-electron chi connectivity index (χ0n) is 16.9. The molecule has 10 heteroatoms. The molecule has 0 unspecified atom stereocenters. The lowest BCUT2D eigenvalue weighted by atomic mass is 10.1. The molecule has 1 amide bonds.